The van der Waals surface area contributed by atoms with Gasteiger partial charge in [-0.15, -0.1) is 0 Å². The third-order valence-corrected chi connectivity index (χ3v) is 8.18. The highest BCUT2D eigenvalue weighted by molar-refractivity contribution is 9.10. The lowest BCUT2D eigenvalue weighted by Gasteiger charge is -2.38. The molecule has 0 saturated carbocycles. The van der Waals surface area contributed by atoms with Gasteiger partial charge in [-0.1, -0.05) is 6.07 Å². The van der Waals surface area contributed by atoms with Crippen LogP contribution in [0.2, 0.25) is 0 Å². The Labute approximate surface area is 238 Å². The number of rotatable bonds is 8. The van der Waals surface area contributed by atoms with Crippen molar-refractivity contribution in [2.75, 3.05) is 6.61 Å². The molecule has 9 nitrogen and oxygen atoms in total. The van der Waals surface area contributed by atoms with Crippen molar-refractivity contribution in [3.63, 3.8) is 0 Å². The summed E-state index contributed by atoms with van der Waals surface area (Å²) < 4.78 is 18.9. The first-order valence-electron chi connectivity index (χ1n) is 12.3. The number of carbonyl (C=O) groups is 4. The Balaban J connectivity index is 1.47. The highest BCUT2D eigenvalue weighted by atomic mass is 79.9. The van der Waals surface area contributed by atoms with E-state index < -0.39 is 23.4 Å². The zero-order chi connectivity index (χ0) is 28.5. The zero-order valence-corrected chi connectivity index (χ0v) is 24.3. The molecule has 2 heterocycles. The molecule has 0 aromatic heterocycles. The molecule has 2 aliphatic heterocycles. The van der Waals surface area contributed by atoms with Crippen molar-refractivity contribution in [2.24, 2.45) is 0 Å². The first-order valence-corrected chi connectivity index (χ1v) is 13.9. The Bertz CT molecular complexity index is 1420. The van der Waals surface area contributed by atoms with Gasteiger partial charge in [0.05, 0.1) is 22.2 Å². The molecule has 0 radical (unpaired) electrons. The smallest absolute Gasteiger partial charge is 0.311 e. The Kier molecular flexibility index (Phi) is 8.41. The number of amides is 2. The van der Waals surface area contributed by atoms with Crippen LogP contribution in [-0.2, 0) is 20.8 Å². The molecule has 2 aromatic rings. The van der Waals surface area contributed by atoms with Gasteiger partial charge in [0.15, 0.2) is 0 Å². The van der Waals surface area contributed by atoms with Crippen LogP contribution in [0.15, 0.2) is 27.6 Å². The second-order valence-corrected chi connectivity index (χ2v) is 11.6. The van der Waals surface area contributed by atoms with Gasteiger partial charge in [-0.3, -0.25) is 24.5 Å². The number of carboxylic acids is 1. The first-order chi connectivity index (χ1) is 18.4. The fourth-order valence-corrected chi connectivity index (χ4v) is 5.63. The maximum atomic E-state index is 12.2. The molecule has 4 rings (SSSR count). The lowest BCUT2D eigenvalue weighted by molar-refractivity contribution is -0.142. The summed E-state index contributed by atoms with van der Waals surface area (Å²) in [5, 5.41) is 10.7. The summed E-state index contributed by atoms with van der Waals surface area (Å²) in [6, 6.07) is 5.41. The van der Waals surface area contributed by atoms with Crippen LogP contribution in [-0.4, -0.2) is 40.4 Å². The van der Waals surface area contributed by atoms with Crippen molar-refractivity contribution in [2.45, 2.75) is 59.0 Å². The molecule has 2 amide bonds. The van der Waals surface area contributed by atoms with E-state index in [0.29, 0.717) is 33.7 Å². The molecule has 2 aromatic carbocycles. The normalized spacial score (nSPS) is 19.4. The molecule has 2 N–H and O–H groups in total. The zero-order valence-electron chi connectivity index (χ0n) is 21.9. The van der Waals surface area contributed by atoms with Crippen LogP contribution in [0.4, 0.5) is 4.79 Å². The second kappa shape index (κ2) is 11.4. The molecule has 0 bridgehead atoms. The molecular weight excluding hydrogens is 590 g/mol. The number of ether oxygens (including phenoxy) is 3. The van der Waals surface area contributed by atoms with Gasteiger partial charge < -0.3 is 19.3 Å². The van der Waals surface area contributed by atoms with Crippen LogP contribution >= 0.6 is 27.7 Å². The topological polar surface area (TPSA) is 128 Å². The molecule has 206 valence electrons. The van der Waals surface area contributed by atoms with Gasteiger partial charge in [0.2, 0.25) is 0 Å². The van der Waals surface area contributed by atoms with Gasteiger partial charge in [0, 0.05) is 5.56 Å². The van der Waals surface area contributed by atoms with Crippen molar-refractivity contribution < 1.29 is 38.5 Å². The predicted molar refractivity (Wildman–Crippen MR) is 149 cm³/mol. The summed E-state index contributed by atoms with van der Waals surface area (Å²) in [7, 11) is 0. The fraction of sp³-hybridized carbons (Fsp3) is 0.357. The Morgan fingerprint density at radius 1 is 1.18 bits per heavy atom. The Morgan fingerprint density at radius 2 is 1.92 bits per heavy atom. The molecule has 0 spiro atoms. The minimum absolute atomic E-state index is 0.196. The minimum Gasteiger partial charge on any atom is -0.488 e. The SMILES string of the molecule is Cc1c(C)c2c(c(C)c1OC(=O)CCC(=O)O)CCC(C)(COc1ccc(C=C3SC(=O)NC3=O)cc1Br)O2. The van der Waals surface area contributed by atoms with Gasteiger partial charge in [-0.25, -0.2) is 0 Å². The van der Waals surface area contributed by atoms with Gasteiger partial charge >= 0.3 is 11.9 Å². The minimum atomic E-state index is -1.05. The van der Waals surface area contributed by atoms with Crippen molar-refractivity contribution in [1.29, 1.82) is 0 Å². The Hall–Kier alpha value is -3.31. The monoisotopic (exact) mass is 617 g/mol. The standard InChI is InChI=1S/C28H28BrNO8S/c1-14-15(2)25-18(16(3)24(14)37-23(33)8-7-22(31)32)9-10-28(4,38-25)13-36-20-6-5-17(11-19(20)29)12-21-26(34)30-27(35)39-21/h5-6,11-12H,7-10,13H2,1-4H3,(H,31,32)(H,30,34,35). The van der Waals surface area contributed by atoms with E-state index in [1.807, 2.05) is 33.8 Å². The van der Waals surface area contributed by atoms with Crippen LogP contribution in [0.1, 0.15) is 54.0 Å². The summed E-state index contributed by atoms with van der Waals surface area (Å²) >= 11 is 4.39. The molecule has 1 saturated heterocycles. The average molecular weight is 619 g/mol. The second-order valence-electron chi connectivity index (χ2n) is 9.76. The van der Waals surface area contributed by atoms with E-state index in [2.05, 4.69) is 21.2 Å². The van der Waals surface area contributed by atoms with Crippen molar-refractivity contribution in [3.8, 4) is 17.2 Å². The van der Waals surface area contributed by atoms with Crippen LogP contribution < -0.4 is 19.5 Å². The number of imide groups is 1. The molecular formula is C28H28BrNO8S. The van der Waals surface area contributed by atoms with Crippen LogP contribution in [0.25, 0.3) is 6.08 Å². The third-order valence-electron chi connectivity index (χ3n) is 6.75. The van der Waals surface area contributed by atoms with Crippen molar-refractivity contribution in [3.05, 3.63) is 55.4 Å². The third kappa shape index (κ3) is 6.47. The average Bonchev–Trinajstić information content (AvgIpc) is 3.19. The van der Waals surface area contributed by atoms with E-state index in [9.17, 15) is 19.2 Å². The molecule has 11 heteroatoms. The van der Waals surface area contributed by atoms with E-state index >= 15 is 0 Å². The summed E-state index contributed by atoms with van der Waals surface area (Å²) in [5.41, 5.74) is 3.52. The van der Waals surface area contributed by atoms with E-state index in [1.165, 1.54) is 0 Å². The summed E-state index contributed by atoms with van der Waals surface area (Å²) in [4.78, 5) is 46.5. The Morgan fingerprint density at radius 3 is 2.56 bits per heavy atom. The number of hydrogen-bond acceptors (Lipinski definition) is 8. The van der Waals surface area contributed by atoms with Gasteiger partial charge in [-0.2, -0.15) is 0 Å². The number of nitrogens with one attached hydrogen (secondary N) is 1. The number of aliphatic carboxylic acids is 1. The number of fused-ring (bicyclic) bond motifs is 1. The molecule has 39 heavy (non-hydrogen) atoms. The largest absolute Gasteiger partial charge is 0.488 e. The van der Waals surface area contributed by atoms with E-state index in [4.69, 9.17) is 19.3 Å². The summed E-state index contributed by atoms with van der Waals surface area (Å²) in [6.07, 6.45) is 2.52. The van der Waals surface area contributed by atoms with Crippen LogP contribution in [0.3, 0.4) is 0 Å². The van der Waals surface area contributed by atoms with E-state index in [0.717, 1.165) is 45.3 Å². The maximum absolute atomic E-state index is 12.2. The van der Waals surface area contributed by atoms with Gasteiger partial charge in [-0.05, 0) is 109 Å². The number of esters is 1. The van der Waals surface area contributed by atoms with E-state index in [-0.39, 0.29) is 24.7 Å². The lowest BCUT2D eigenvalue weighted by atomic mass is 9.87. The van der Waals surface area contributed by atoms with Crippen LogP contribution in [0, 0.1) is 20.8 Å². The van der Waals surface area contributed by atoms with Crippen molar-refractivity contribution >= 4 is 56.9 Å². The van der Waals surface area contributed by atoms with Gasteiger partial charge in [0.25, 0.3) is 11.1 Å². The molecule has 1 atom stereocenters. The quantitative estimate of drug-likeness (QED) is 0.220. The number of carboxylic acid groups (broad SMARTS) is 1. The highest BCUT2D eigenvalue weighted by Crippen LogP contribution is 2.44. The number of thioether (sulfide) groups is 1. The number of benzene rings is 2. The van der Waals surface area contributed by atoms with Gasteiger partial charge in [0.1, 0.15) is 29.5 Å². The molecule has 1 unspecified atom stereocenters. The molecule has 1 fully saturated rings. The highest BCUT2D eigenvalue weighted by Gasteiger charge is 2.36. The summed E-state index contributed by atoms with van der Waals surface area (Å²) in [6.45, 7) is 7.91. The van der Waals surface area contributed by atoms with E-state index in [1.54, 1.807) is 18.2 Å². The first kappa shape index (κ1) is 28.7. The number of carbonyl (C=O) groups excluding carboxylic acids is 3. The number of halogens is 1. The fourth-order valence-electron chi connectivity index (χ4n) is 4.44. The molecule has 0 aliphatic carbocycles. The number of hydrogen-bond donors (Lipinski definition) is 2. The maximum Gasteiger partial charge on any atom is 0.311 e. The molecule has 2 aliphatic rings. The summed E-state index contributed by atoms with van der Waals surface area (Å²) in [5.74, 6) is -0.220. The lowest BCUT2D eigenvalue weighted by Crippen LogP contribution is -2.42. The predicted octanol–water partition coefficient (Wildman–Crippen LogP) is 5.63. The van der Waals surface area contributed by atoms with Crippen LogP contribution in [0.5, 0.6) is 17.2 Å². The van der Waals surface area contributed by atoms with Crippen molar-refractivity contribution in [1.82, 2.24) is 5.32 Å².